The van der Waals surface area contributed by atoms with Gasteiger partial charge in [-0.05, 0) is 38.0 Å². The molecular formula is C20H22F3N3O3. The number of nitrogens with zero attached hydrogens (tertiary/aromatic N) is 3. The molecule has 2 heterocycles. The first kappa shape index (κ1) is 20.9. The van der Waals surface area contributed by atoms with Crippen molar-refractivity contribution in [2.75, 3.05) is 31.7 Å². The van der Waals surface area contributed by atoms with E-state index in [2.05, 4.69) is 9.97 Å². The summed E-state index contributed by atoms with van der Waals surface area (Å²) in [6.07, 6.45) is -3.36. The van der Waals surface area contributed by atoms with Crippen LogP contribution in [-0.4, -0.2) is 42.7 Å². The summed E-state index contributed by atoms with van der Waals surface area (Å²) in [5, 5.41) is 0. The number of hydrogen-bond acceptors (Lipinski definition) is 6. The van der Waals surface area contributed by atoms with Crippen molar-refractivity contribution < 1.29 is 27.4 Å². The number of esters is 1. The Morgan fingerprint density at radius 3 is 2.76 bits per heavy atom. The first-order chi connectivity index (χ1) is 13.8. The largest absolute Gasteiger partial charge is 0.497 e. The summed E-state index contributed by atoms with van der Waals surface area (Å²) in [5.41, 5.74) is -0.407. The summed E-state index contributed by atoms with van der Waals surface area (Å²) in [6, 6.07) is 7.58. The molecule has 0 radical (unpaired) electrons. The Hall–Kier alpha value is -2.84. The topological polar surface area (TPSA) is 64.5 Å². The lowest BCUT2D eigenvalue weighted by Crippen LogP contribution is -2.40. The first-order valence-electron chi connectivity index (χ1n) is 9.34. The van der Waals surface area contributed by atoms with E-state index in [9.17, 15) is 18.0 Å². The van der Waals surface area contributed by atoms with Gasteiger partial charge < -0.3 is 14.4 Å². The van der Waals surface area contributed by atoms with Gasteiger partial charge in [0.15, 0.2) is 5.69 Å². The van der Waals surface area contributed by atoms with Crippen molar-refractivity contribution in [3.05, 3.63) is 36.0 Å². The summed E-state index contributed by atoms with van der Waals surface area (Å²) < 4.78 is 50.6. The number of benzene rings is 1. The van der Waals surface area contributed by atoms with Crippen molar-refractivity contribution in [2.24, 2.45) is 5.92 Å². The van der Waals surface area contributed by atoms with Gasteiger partial charge in [0.1, 0.15) is 5.75 Å². The van der Waals surface area contributed by atoms with Crippen molar-refractivity contribution in [3.63, 3.8) is 0 Å². The van der Waals surface area contributed by atoms with Crippen LogP contribution < -0.4 is 9.64 Å². The Balaban J connectivity index is 1.98. The van der Waals surface area contributed by atoms with E-state index in [1.54, 1.807) is 36.1 Å². The molecule has 9 heteroatoms. The minimum Gasteiger partial charge on any atom is -0.497 e. The maximum atomic E-state index is 13.5. The number of rotatable bonds is 5. The zero-order chi connectivity index (χ0) is 21.0. The lowest BCUT2D eigenvalue weighted by molar-refractivity contribution is -0.148. The van der Waals surface area contributed by atoms with E-state index in [1.165, 1.54) is 7.11 Å². The first-order valence-corrected chi connectivity index (χ1v) is 9.34. The van der Waals surface area contributed by atoms with E-state index in [0.717, 1.165) is 6.07 Å². The SMILES string of the molecule is CCOC(=O)C1CCCN(c2nc(-c3cccc(OC)c3)cc(C(F)(F)F)n2)C1. The molecule has 0 amide bonds. The Kier molecular flexibility index (Phi) is 6.24. The average molecular weight is 409 g/mol. The zero-order valence-corrected chi connectivity index (χ0v) is 16.2. The second-order valence-corrected chi connectivity index (χ2v) is 6.71. The maximum absolute atomic E-state index is 13.5. The normalized spacial score (nSPS) is 17.1. The summed E-state index contributed by atoms with van der Waals surface area (Å²) in [4.78, 5) is 21.8. The summed E-state index contributed by atoms with van der Waals surface area (Å²) >= 11 is 0. The molecule has 1 fully saturated rings. The number of carbonyl (C=O) groups excluding carboxylic acids is 1. The molecule has 0 saturated carbocycles. The minimum absolute atomic E-state index is 0.0494. The van der Waals surface area contributed by atoms with Crippen molar-refractivity contribution in [1.29, 1.82) is 0 Å². The fraction of sp³-hybridized carbons (Fsp3) is 0.450. The van der Waals surface area contributed by atoms with Crippen LogP contribution in [0.4, 0.5) is 19.1 Å². The highest BCUT2D eigenvalue weighted by molar-refractivity contribution is 5.73. The van der Waals surface area contributed by atoms with E-state index in [1.807, 2.05) is 0 Å². The molecule has 1 saturated heterocycles. The second-order valence-electron chi connectivity index (χ2n) is 6.71. The third-order valence-corrected chi connectivity index (χ3v) is 4.69. The van der Waals surface area contributed by atoms with Gasteiger partial charge in [-0.1, -0.05) is 12.1 Å². The smallest absolute Gasteiger partial charge is 0.433 e. The molecule has 1 aromatic carbocycles. The number of piperidine rings is 1. The van der Waals surface area contributed by atoms with Crippen LogP contribution in [0.15, 0.2) is 30.3 Å². The van der Waals surface area contributed by atoms with Crippen molar-refractivity contribution in [1.82, 2.24) is 9.97 Å². The van der Waals surface area contributed by atoms with Gasteiger partial charge in [-0.3, -0.25) is 4.79 Å². The summed E-state index contributed by atoms with van der Waals surface area (Å²) in [5.74, 6) is -0.303. The molecule has 1 aliphatic heterocycles. The monoisotopic (exact) mass is 409 g/mol. The van der Waals surface area contributed by atoms with E-state index in [-0.39, 0.29) is 30.8 Å². The predicted molar refractivity (Wildman–Crippen MR) is 101 cm³/mol. The van der Waals surface area contributed by atoms with Crippen LogP contribution in [-0.2, 0) is 15.7 Å². The number of halogens is 3. The molecule has 0 aliphatic carbocycles. The molecule has 6 nitrogen and oxygen atoms in total. The third kappa shape index (κ3) is 4.96. The molecule has 2 aromatic rings. The van der Waals surface area contributed by atoms with Gasteiger partial charge in [-0.15, -0.1) is 0 Å². The van der Waals surface area contributed by atoms with Crippen LogP contribution in [0, 0.1) is 5.92 Å². The molecule has 1 atom stereocenters. The predicted octanol–water partition coefficient (Wildman–Crippen LogP) is 3.95. The van der Waals surface area contributed by atoms with E-state index < -0.39 is 17.8 Å². The van der Waals surface area contributed by atoms with Crippen LogP contribution in [0.5, 0.6) is 5.75 Å². The van der Waals surface area contributed by atoms with Crippen molar-refractivity contribution in [3.8, 4) is 17.0 Å². The Morgan fingerprint density at radius 1 is 1.28 bits per heavy atom. The van der Waals surface area contributed by atoms with E-state index in [0.29, 0.717) is 30.7 Å². The van der Waals surface area contributed by atoms with Gasteiger partial charge in [0, 0.05) is 18.7 Å². The highest BCUT2D eigenvalue weighted by Gasteiger charge is 2.35. The summed E-state index contributed by atoms with van der Waals surface area (Å²) in [7, 11) is 1.48. The van der Waals surface area contributed by atoms with Crippen LogP contribution in [0.3, 0.4) is 0 Å². The molecule has 1 aliphatic rings. The number of aromatic nitrogens is 2. The fourth-order valence-electron chi connectivity index (χ4n) is 3.26. The average Bonchev–Trinajstić information content (AvgIpc) is 2.73. The quantitative estimate of drug-likeness (QED) is 0.697. The van der Waals surface area contributed by atoms with Gasteiger partial charge in [0.25, 0.3) is 0 Å². The molecule has 3 rings (SSSR count). The van der Waals surface area contributed by atoms with Crippen molar-refractivity contribution in [2.45, 2.75) is 25.9 Å². The zero-order valence-electron chi connectivity index (χ0n) is 16.2. The fourth-order valence-corrected chi connectivity index (χ4v) is 3.26. The molecule has 1 unspecified atom stereocenters. The molecule has 0 spiro atoms. The number of hydrogen-bond donors (Lipinski definition) is 0. The van der Waals surface area contributed by atoms with Gasteiger partial charge in [-0.25, -0.2) is 9.97 Å². The van der Waals surface area contributed by atoms with Crippen LogP contribution >= 0.6 is 0 Å². The standard InChI is InChI=1S/C20H22F3N3O3/c1-3-29-18(27)14-7-5-9-26(12-14)19-24-16(11-17(25-19)20(21,22)23)13-6-4-8-15(10-13)28-2/h4,6,8,10-11,14H,3,5,7,9,12H2,1-2H3. The van der Waals surface area contributed by atoms with Crippen LogP contribution in [0.25, 0.3) is 11.3 Å². The van der Waals surface area contributed by atoms with E-state index in [4.69, 9.17) is 9.47 Å². The van der Waals surface area contributed by atoms with Crippen LogP contribution in [0.2, 0.25) is 0 Å². The highest BCUT2D eigenvalue weighted by atomic mass is 19.4. The van der Waals surface area contributed by atoms with Gasteiger partial charge in [0.05, 0.1) is 25.3 Å². The summed E-state index contributed by atoms with van der Waals surface area (Å²) in [6.45, 7) is 2.66. The number of anilines is 1. The number of alkyl halides is 3. The maximum Gasteiger partial charge on any atom is 0.433 e. The second kappa shape index (κ2) is 8.67. The number of ether oxygens (including phenoxy) is 2. The van der Waals surface area contributed by atoms with E-state index >= 15 is 0 Å². The third-order valence-electron chi connectivity index (χ3n) is 4.69. The van der Waals surface area contributed by atoms with Crippen molar-refractivity contribution >= 4 is 11.9 Å². The Morgan fingerprint density at radius 2 is 2.07 bits per heavy atom. The minimum atomic E-state index is -4.62. The lowest BCUT2D eigenvalue weighted by Gasteiger charge is -2.32. The van der Waals surface area contributed by atoms with Crippen LogP contribution in [0.1, 0.15) is 25.5 Å². The van der Waals surface area contributed by atoms with Gasteiger partial charge in [0.2, 0.25) is 5.95 Å². The molecule has 0 bridgehead atoms. The van der Waals surface area contributed by atoms with Gasteiger partial charge in [-0.2, -0.15) is 13.2 Å². The van der Waals surface area contributed by atoms with Gasteiger partial charge >= 0.3 is 12.1 Å². The molecule has 1 aromatic heterocycles. The number of carbonyl (C=O) groups is 1. The lowest BCUT2D eigenvalue weighted by atomic mass is 9.98. The Labute approximate surface area is 166 Å². The Bertz CT molecular complexity index is 874. The highest BCUT2D eigenvalue weighted by Crippen LogP contribution is 2.33. The molecular weight excluding hydrogens is 387 g/mol. The molecule has 156 valence electrons. The molecule has 29 heavy (non-hydrogen) atoms. The molecule has 0 N–H and O–H groups in total. The number of methoxy groups -OCH3 is 1.